The minimum absolute atomic E-state index is 0.0947. The zero-order chi connectivity index (χ0) is 15.6. The van der Waals surface area contributed by atoms with E-state index >= 15 is 0 Å². The average molecular weight is 306 g/mol. The van der Waals surface area contributed by atoms with Gasteiger partial charge in [-0.05, 0) is 0 Å². The molecule has 0 radical (unpaired) electrons. The molecule has 4 saturated heterocycles. The summed E-state index contributed by atoms with van der Waals surface area (Å²) in [4.78, 5) is 0. The molecule has 4 heterocycles. The second kappa shape index (κ2) is 4.31. The lowest BCUT2D eigenvalue weighted by Crippen LogP contribution is -2.98. The zero-order valence-electron chi connectivity index (χ0n) is 11.5. The predicted molar refractivity (Wildman–Crippen MR) is 68.2 cm³/mol. The Hall–Kier alpha value is -0.440. The van der Waals surface area contributed by atoms with Crippen LogP contribution in [0.4, 0.5) is 0 Å². The van der Waals surface area contributed by atoms with Gasteiger partial charge in [-0.1, -0.05) is 0 Å². The van der Waals surface area contributed by atoms with Gasteiger partial charge in [-0.3, -0.25) is 28.7 Å². The van der Waals surface area contributed by atoms with Crippen molar-refractivity contribution in [3.63, 3.8) is 0 Å². The highest BCUT2D eigenvalue weighted by Gasteiger charge is 2.69. The quantitative estimate of drug-likeness (QED) is 0.273. The predicted octanol–water partition coefficient (Wildman–Crippen LogP) is -4.49. The summed E-state index contributed by atoms with van der Waals surface area (Å²) in [5, 5.41) is 0. The van der Waals surface area contributed by atoms with Crippen molar-refractivity contribution in [2.24, 2.45) is 39.8 Å². The maximum absolute atomic E-state index is 6.03. The Morgan fingerprint density at radius 1 is 0.762 bits per heavy atom. The molecule has 11 heteroatoms. The number of rotatable bonds is 4. The third kappa shape index (κ3) is 2.18. The van der Waals surface area contributed by atoms with Crippen LogP contribution in [0.15, 0.2) is 0 Å². The third-order valence-electron chi connectivity index (χ3n) is 4.21. The molecule has 0 saturated carbocycles. The first-order valence-corrected chi connectivity index (χ1v) is 6.46. The van der Waals surface area contributed by atoms with Gasteiger partial charge in [-0.15, -0.1) is 0 Å². The van der Waals surface area contributed by atoms with Crippen LogP contribution in [-0.2, 0) is 23.7 Å². The van der Waals surface area contributed by atoms with E-state index in [2.05, 4.69) is 0 Å². The molecular formula is C10H22N6O5. The van der Waals surface area contributed by atoms with Gasteiger partial charge in [-0.2, -0.15) is 0 Å². The molecular weight excluding hydrogens is 284 g/mol. The first-order valence-electron chi connectivity index (χ1n) is 6.46. The fourth-order valence-electron chi connectivity index (χ4n) is 2.51. The van der Waals surface area contributed by atoms with Crippen LogP contribution in [0.5, 0.6) is 0 Å². The highest BCUT2D eigenvalue weighted by atomic mass is 16.9. The van der Waals surface area contributed by atoms with Crippen molar-refractivity contribution in [3.8, 4) is 0 Å². The Bertz CT molecular complexity index is 405. The monoisotopic (exact) mass is 306 g/mol. The Morgan fingerprint density at radius 3 is 1.67 bits per heavy atom. The van der Waals surface area contributed by atoms with Crippen molar-refractivity contribution in [1.82, 2.24) is 0 Å². The van der Waals surface area contributed by atoms with Gasteiger partial charge in [0.25, 0.3) is 0 Å². The number of hydrogen-bond acceptors (Lipinski definition) is 11. The topological polar surface area (TPSA) is 202 Å². The molecule has 0 spiro atoms. The summed E-state index contributed by atoms with van der Waals surface area (Å²) >= 11 is 0. The van der Waals surface area contributed by atoms with Gasteiger partial charge >= 0.3 is 6.10 Å². The number of fused-ring (bicyclic) bond motifs is 3. The van der Waals surface area contributed by atoms with Gasteiger partial charge in [0, 0.05) is 0 Å². The maximum Gasteiger partial charge on any atom is 0.348 e. The molecule has 12 N–H and O–H groups in total. The van der Waals surface area contributed by atoms with E-state index in [1.165, 1.54) is 0 Å². The minimum Gasteiger partial charge on any atom is -0.378 e. The molecule has 4 aliphatic heterocycles. The highest BCUT2D eigenvalue weighted by molar-refractivity contribution is 5.16. The van der Waals surface area contributed by atoms with Crippen LogP contribution in [-0.4, -0.2) is 56.4 Å². The van der Waals surface area contributed by atoms with Crippen molar-refractivity contribution in [1.29, 1.82) is 0 Å². The first kappa shape index (κ1) is 15.5. The lowest BCUT2D eigenvalue weighted by Gasteiger charge is -2.61. The smallest absolute Gasteiger partial charge is 0.348 e. The molecule has 11 nitrogen and oxygen atoms in total. The number of nitrogens with two attached hydrogens (primary N) is 6. The standard InChI is InChI=1S/C10H22N6O5/c11-7(8(12,13)21-9(7,14)15)5-17-1-6-2-18-10(16,19-3-6)20-4-6/h1-5,11-16H2. The summed E-state index contributed by atoms with van der Waals surface area (Å²) in [7, 11) is 0. The summed E-state index contributed by atoms with van der Waals surface area (Å²) < 4.78 is 26.4. The zero-order valence-corrected chi connectivity index (χ0v) is 11.5. The fraction of sp³-hybridized carbons (Fsp3) is 1.00. The van der Waals surface area contributed by atoms with Gasteiger partial charge in [-0.25, -0.2) is 0 Å². The summed E-state index contributed by atoms with van der Waals surface area (Å²) in [6.07, 6.45) is -1.45. The Labute approximate surface area is 121 Å². The molecule has 0 aromatic carbocycles. The third-order valence-corrected chi connectivity index (χ3v) is 4.21. The molecule has 0 aromatic rings. The summed E-state index contributed by atoms with van der Waals surface area (Å²) in [6.45, 7) is 1.15. The van der Waals surface area contributed by atoms with Crippen molar-refractivity contribution in [2.45, 2.75) is 23.3 Å². The summed E-state index contributed by atoms with van der Waals surface area (Å²) in [6, 6.07) is 0. The van der Waals surface area contributed by atoms with E-state index in [1.54, 1.807) is 0 Å². The molecule has 2 bridgehead atoms. The Balaban J connectivity index is 1.57. The molecule has 0 unspecified atom stereocenters. The van der Waals surface area contributed by atoms with Crippen LogP contribution in [0.1, 0.15) is 0 Å². The Morgan fingerprint density at radius 2 is 1.24 bits per heavy atom. The van der Waals surface area contributed by atoms with Crippen LogP contribution in [0.25, 0.3) is 0 Å². The van der Waals surface area contributed by atoms with Crippen LogP contribution in [0, 0.1) is 5.41 Å². The van der Waals surface area contributed by atoms with E-state index in [0.717, 1.165) is 0 Å². The van der Waals surface area contributed by atoms with E-state index in [4.69, 9.17) is 58.1 Å². The van der Waals surface area contributed by atoms with Crippen LogP contribution >= 0.6 is 0 Å². The van der Waals surface area contributed by atoms with E-state index < -0.39 is 28.7 Å². The molecule has 21 heavy (non-hydrogen) atoms. The van der Waals surface area contributed by atoms with Crippen LogP contribution in [0.2, 0.25) is 0 Å². The van der Waals surface area contributed by atoms with E-state index in [0.29, 0.717) is 19.8 Å². The van der Waals surface area contributed by atoms with E-state index in [1.807, 2.05) is 0 Å². The van der Waals surface area contributed by atoms with Gasteiger partial charge in [0.2, 0.25) is 0 Å². The number of ether oxygens (including phenoxy) is 5. The van der Waals surface area contributed by atoms with E-state index in [-0.39, 0.29) is 13.2 Å². The summed E-state index contributed by atoms with van der Waals surface area (Å²) in [5.74, 6) is -3.33. The largest absolute Gasteiger partial charge is 0.378 e. The lowest BCUT2D eigenvalue weighted by molar-refractivity contribution is -0.469. The Kier molecular flexibility index (Phi) is 3.17. The SMILES string of the molecule is NC12OCC(COCC3(N)C(N)(N)OC3(N)N)(CO1)CO2. The van der Waals surface area contributed by atoms with Crippen molar-refractivity contribution >= 4 is 0 Å². The van der Waals surface area contributed by atoms with Crippen LogP contribution in [0.3, 0.4) is 0 Å². The van der Waals surface area contributed by atoms with Gasteiger partial charge in [0.05, 0.1) is 38.4 Å². The molecule has 0 atom stereocenters. The maximum atomic E-state index is 6.03. The molecule has 0 aliphatic carbocycles. The fourth-order valence-corrected chi connectivity index (χ4v) is 2.51. The normalized spacial score (nSPS) is 42.6. The summed E-state index contributed by atoms with van der Waals surface area (Å²) in [5.41, 5.74) is 32.5. The van der Waals surface area contributed by atoms with E-state index in [9.17, 15) is 0 Å². The second-order valence-electron chi connectivity index (χ2n) is 6.12. The molecule has 4 rings (SSSR count). The van der Waals surface area contributed by atoms with Gasteiger partial charge < -0.3 is 29.4 Å². The molecule has 4 aliphatic rings. The van der Waals surface area contributed by atoms with Crippen molar-refractivity contribution in [2.75, 3.05) is 33.0 Å². The first-order chi connectivity index (χ1) is 9.54. The molecule has 0 amide bonds. The second-order valence-corrected chi connectivity index (χ2v) is 6.12. The van der Waals surface area contributed by atoms with Gasteiger partial charge in [0.1, 0.15) is 0 Å². The molecule has 122 valence electrons. The molecule has 4 fully saturated rings. The minimum atomic E-state index is -1.66. The number of hydrogen-bond donors (Lipinski definition) is 6. The highest BCUT2D eigenvalue weighted by Crippen LogP contribution is 2.38. The van der Waals surface area contributed by atoms with Crippen LogP contribution < -0.4 is 34.4 Å². The molecule has 0 aromatic heterocycles. The van der Waals surface area contributed by atoms with Gasteiger partial charge in [0.15, 0.2) is 17.2 Å². The lowest BCUT2D eigenvalue weighted by atomic mass is 9.82. The van der Waals surface area contributed by atoms with Crippen molar-refractivity contribution < 1.29 is 23.7 Å². The average Bonchev–Trinajstić information content (AvgIpc) is 2.39. The van der Waals surface area contributed by atoms with Crippen molar-refractivity contribution in [3.05, 3.63) is 0 Å².